The predicted octanol–water partition coefficient (Wildman–Crippen LogP) is 4.61. The molecule has 0 saturated carbocycles. The molecule has 2 N–H and O–H groups in total. The Bertz CT molecular complexity index is 744. The molecule has 0 fully saturated rings. The van der Waals surface area contributed by atoms with Crippen LogP contribution in [0.4, 0.5) is 5.69 Å². The van der Waals surface area contributed by atoms with Crippen molar-refractivity contribution in [2.24, 2.45) is 11.3 Å². The number of nitrogens with zero attached hydrogens (tertiary/aromatic N) is 2. The van der Waals surface area contributed by atoms with Gasteiger partial charge >= 0.3 is 5.69 Å². The fraction of sp³-hybridized carbons (Fsp3) is 0.500. The topological polar surface area (TPSA) is 92.0 Å². The van der Waals surface area contributed by atoms with Gasteiger partial charge in [-0.2, -0.15) is 5.10 Å². The summed E-state index contributed by atoms with van der Waals surface area (Å²) in [6.45, 7) is 10.6. The second-order valence-corrected chi connectivity index (χ2v) is 7.79. The number of phenols is 1. The number of H-pyrrole nitrogens is 1. The number of aryl methyl sites for hydroxylation is 1. The predicted molar refractivity (Wildman–Crippen MR) is 94.0 cm³/mol. The fourth-order valence-electron chi connectivity index (χ4n) is 3.19. The molecule has 1 unspecified atom stereocenters. The average molecular weight is 331 g/mol. The number of benzene rings is 1. The van der Waals surface area contributed by atoms with Crippen molar-refractivity contribution in [2.75, 3.05) is 0 Å². The molecule has 1 atom stereocenters. The minimum atomic E-state index is -0.579. The zero-order chi connectivity index (χ0) is 18.1. The number of nitro groups is 1. The first-order chi connectivity index (χ1) is 11.1. The normalized spacial score (nSPS) is 13.0. The van der Waals surface area contributed by atoms with Gasteiger partial charge in [-0.15, -0.1) is 0 Å². The maximum absolute atomic E-state index is 11.1. The van der Waals surface area contributed by atoms with Crippen LogP contribution < -0.4 is 0 Å². The third kappa shape index (κ3) is 4.34. The highest BCUT2D eigenvalue weighted by atomic mass is 16.6. The van der Waals surface area contributed by atoms with Crippen LogP contribution in [0.15, 0.2) is 18.2 Å². The second kappa shape index (κ2) is 6.63. The van der Waals surface area contributed by atoms with Crippen LogP contribution in [-0.4, -0.2) is 20.2 Å². The summed E-state index contributed by atoms with van der Waals surface area (Å²) in [6.07, 6.45) is 1.93. The summed E-state index contributed by atoms with van der Waals surface area (Å²) < 4.78 is 0. The summed E-state index contributed by atoms with van der Waals surface area (Å²) >= 11 is 0. The highest BCUT2D eigenvalue weighted by molar-refractivity contribution is 5.73. The van der Waals surface area contributed by atoms with Gasteiger partial charge in [0.25, 0.3) is 0 Å². The van der Waals surface area contributed by atoms with Gasteiger partial charge in [-0.25, -0.2) is 0 Å². The van der Waals surface area contributed by atoms with E-state index in [2.05, 4.69) is 37.9 Å². The minimum Gasteiger partial charge on any atom is -0.502 e. The van der Waals surface area contributed by atoms with Crippen molar-refractivity contribution >= 4 is 5.69 Å². The summed E-state index contributed by atoms with van der Waals surface area (Å²) in [7, 11) is 0. The molecular formula is C18H25N3O3. The van der Waals surface area contributed by atoms with Crippen molar-refractivity contribution in [2.45, 2.75) is 47.5 Å². The number of hydrogen-bond acceptors (Lipinski definition) is 4. The highest BCUT2D eigenvalue weighted by Gasteiger charge is 2.21. The van der Waals surface area contributed by atoms with Gasteiger partial charge in [-0.3, -0.25) is 15.2 Å². The van der Waals surface area contributed by atoms with Gasteiger partial charge in [-0.1, -0.05) is 27.7 Å². The largest absolute Gasteiger partial charge is 0.502 e. The van der Waals surface area contributed by atoms with Crippen molar-refractivity contribution in [3.63, 3.8) is 0 Å². The monoisotopic (exact) mass is 331 g/mol. The average Bonchev–Trinajstić information content (AvgIpc) is 2.86. The van der Waals surface area contributed by atoms with Crippen LogP contribution in [-0.2, 0) is 6.42 Å². The van der Waals surface area contributed by atoms with Crippen LogP contribution >= 0.6 is 0 Å². The molecule has 0 aliphatic heterocycles. The van der Waals surface area contributed by atoms with E-state index in [-0.39, 0.29) is 16.9 Å². The molecule has 1 aromatic carbocycles. The van der Waals surface area contributed by atoms with Crippen LogP contribution in [0.1, 0.15) is 45.4 Å². The lowest BCUT2D eigenvalue weighted by molar-refractivity contribution is -0.385. The first-order valence-corrected chi connectivity index (χ1v) is 8.09. The Labute approximate surface area is 142 Å². The van der Waals surface area contributed by atoms with Crippen LogP contribution in [0.25, 0.3) is 11.3 Å². The Kier molecular flexibility index (Phi) is 4.96. The third-order valence-electron chi connectivity index (χ3n) is 3.87. The molecule has 6 nitrogen and oxygen atoms in total. The Morgan fingerprint density at radius 3 is 2.58 bits per heavy atom. The van der Waals surface area contributed by atoms with Gasteiger partial charge in [0.15, 0.2) is 0 Å². The Morgan fingerprint density at radius 2 is 2.00 bits per heavy atom. The number of aromatic hydroxyl groups is 1. The van der Waals surface area contributed by atoms with Crippen molar-refractivity contribution in [1.29, 1.82) is 0 Å². The van der Waals surface area contributed by atoms with Crippen molar-refractivity contribution in [3.05, 3.63) is 39.6 Å². The second-order valence-electron chi connectivity index (χ2n) is 7.79. The van der Waals surface area contributed by atoms with E-state index in [0.717, 1.165) is 18.5 Å². The molecule has 24 heavy (non-hydrogen) atoms. The molecule has 6 heteroatoms. The van der Waals surface area contributed by atoms with E-state index in [9.17, 15) is 15.2 Å². The molecule has 0 amide bonds. The van der Waals surface area contributed by atoms with Crippen LogP contribution in [0.2, 0.25) is 0 Å². The van der Waals surface area contributed by atoms with Gasteiger partial charge < -0.3 is 5.11 Å². The minimum absolute atomic E-state index is 0.262. The Morgan fingerprint density at radius 1 is 1.33 bits per heavy atom. The Balaban J connectivity index is 2.27. The van der Waals surface area contributed by atoms with E-state index in [1.165, 1.54) is 6.07 Å². The van der Waals surface area contributed by atoms with Crippen molar-refractivity contribution < 1.29 is 10.0 Å². The van der Waals surface area contributed by atoms with E-state index in [0.29, 0.717) is 22.7 Å². The van der Waals surface area contributed by atoms with Gasteiger partial charge in [0.2, 0.25) is 5.75 Å². The first-order valence-electron chi connectivity index (χ1n) is 8.09. The number of aromatic amines is 1. The highest BCUT2D eigenvalue weighted by Crippen LogP contribution is 2.37. The summed E-state index contributed by atoms with van der Waals surface area (Å²) in [6, 6.07) is 4.93. The summed E-state index contributed by atoms with van der Waals surface area (Å²) in [5, 5.41) is 28.5. The van der Waals surface area contributed by atoms with Crippen molar-refractivity contribution in [3.8, 4) is 17.0 Å². The molecule has 0 saturated heterocycles. The summed E-state index contributed by atoms with van der Waals surface area (Å²) in [5.41, 5.74) is 2.54. The molecular weight excluding hydrogens is 306 g/mol. The van der Waals surface area contributed by atoms with Crippen LogP contribution in [0, 0.1) is 28.4 Å². The number of phenolic OH excluding ortho intramolecular Hbond substituents is 1. The zero-order valence-corrected chi connectivity index (χ0v) is 14.9. The fourth-order valence-corrected chi connectivity index (χ4v) is 3.19. The van der Waals surface area contributed by atoms with Crippen molar-refractivity contribution in [1.82, 2.24) is 10.2 Å². The maximum Gasteiger partial charge on any atom is 0.311 e. The quantitative estimate of drug-likeness (QED) is 0.618. The van der Waals surface area contributed by atoms with E-state index >= 15 is 0 Å². The number of hydrogen-bond donors (Lipinski definition) is 2. The molecule has 0 bridgehead atoms. The van der Waals surface area contributed by atoms with Gasteiger partial charge in [0.1, 0.15) is 0 Å². The number of aromatic nitrogens is 2. The zero-order valence-electron chi connectivity index (χ0n) is 14.9. The molecule has 2 rings (SSSR count). The van der Waals surface area contributed by atoms with E-state index < -0.39 is 4.92 Å². The Hall–Kier alpha value is -2.37. The molecule has 0 spiro atoms. The maximum atomic E-state index is 11.1. The molecule has 0 aliphatic rings. The smallest absolute Gasteiger partial charge is 0.311 e. The lowest BCUT2D eigenvalue weighted by Crippen LogP contribution is -2.12. The number of nitrogens with one attached hydrogen (secondary N) is 1. The molecule has 1 heterocycles. The van der Waals surface area contributed by atoms with Gasteiger partial charge in [0.05, 0.1) is 16.2 Å². The number of nitro benzene ring substituents is 1. The summed E-state index contributed by atoms with van der Waals surface area (Å²) in [5.74, 6) is 0.144. The molecule has 0 radical (unpaired) electrons. The van der Waals surface area contributed by atoms with E-state index in [1.54, 1.807) is 13.0 Å². The lowest BCUT2D eigenvalue weighted by atomic mass is 9.83. The number of rotatable bonds is 5. The molecule has 1 aromatic heterocycles. The summed E-state index contributed by atoms with van der Waals surface area (Å²) in [4.78, 5) is 10.5. The van der Waals surface area contributed by atoms with Crippen LogP contribution in [0.3, 0.4) is 0 Å². The van der Waals surface area contributed by atoms with Gasteiger partial charge in [-0.05, 0) is 48.8 Å². The first kappa shape index (κ1) is 18.0. The lowest BCUT2D eigenvalue weighted by Gasteiger charge is -2.22. The van der Waals surface area contributed by atoms with E-state index in [1.807, 2.05) is 6.07 Å². The molecule has 130 valence electrons. The standard InChI is InChI=1S/C18H25N3O3/c1-11-7-14(17(22)16(8-11)21(23)24)15-9-13(19-20-15)6-12(2)10-18(3,4)5/h7-9,12,22H,6,10H2,1-5H3,(H,19,20). The van der Waals surface area contributed by atoms with Gasteiger partial charge in [0, 0.05) is 11.8 Å². The van der Waals surface area contributed by atoms with Crippen LogP contribution in [0.5, 0.6) is 5.75 Å². The SMILES string of the molecule is Cc1cc(-c2cc(CC(C)CC(C)(C)C)[nH]n2)c(O)c([N+](=O)[O-])c1. The van der Waals surface area contributed by atoms with E-state index in [4.69, 9.17) is 0 Å². The molecule has 0 aliphatic carbocycles. The third-order valence-corrected chi connectivity index (χ3v) is 3.87. The molecule has 2 aromatic rings.